The molecule has 0 unspecified atom stereocenters. The highest BCUT2D eigenvalue weighted by Gasteiger charge is 2.36. The molecule has 41 heavy (non-hydrogen) atoms. The van der Waals surface area contributed by atoms with E-state index in [0.29, 0.717) is 29.3 Å². The highest BCUT2D eigenvalue weighted by Crippen LogP contribution is 2.41. The average molecular weight is 576 g/mol. The zero-order valence-corrected chi connectivity index (χ0v) is 25.3. The third-order valence-electron chi connectivity index (χ3n) is 8.21. The molecule has 1 aliphatic carbocycles. The number of carbonyl (C=O) groups is 1. The Morgan fingerprint density at radius 3 is 2.51 bits per heavy atom. The minimum atomic E-state index is -3.79. The van der Waals surface area contributed by atoms with Crippen LogP contribution >= 0.6 is 0 Å². The summed E-state index contributed by atoms with van der Waals surface area (Å²) in [4.78, 5) is 16.1. The molecule has 0 spiro atoms. The van der Waals surface area contributed by atoms with E-state index in [0.717, 1.165) is 23.4 Å². The first-order valence-electron chi connectivity index (χ1n) is 14.5. The molecule has 2 aliphatic rings. The molecular weight excluding hydrogens is 534 g/mol. The summed E-state index contributed by atoms with van der Waals surface area (Å²) in [7, 11) is -1.63. The highest BCUT2D eigenvalue weighted by molar-refractivity contribution is 7.89. The van der Waals surface area contributed by atoms with Crippen LogP contribution in [-0.4, -0.2) is 37.9 Å². The number of sulfonamides is 1. The number of hydrogen-bond donors (Lipinski definition) is 2. The summed E-state index contributed by atoms with van der Waals surface area (Å²) in [5.74, 6) is 0.329. The molecule has 1 saturated carbocycles. The van der Waals surface area contributed by atoms with Crippen LogP contribution in [0.3, 0.4) is 0 Å². The van der Waals surface area contributed by atoms with Crippen LogP contribution in [-0.2, 0) is 16.6 Å². The fourth-order valence-corrected chi connectivity index (χ4v) is 7.35. The zero-order chi connectivity index (χ0) is 29.2. The summed E-state index contributed by atoms with van der Waals surface area (Å²) in [6.45, 7) is 6.50. The minimum absolute atomic E-state index is 0.215. The standard InChI is InChI=1S/C33H41N3O4S/c1-23-11-10-15-27(19-23)41(38,39)35-30-21-33(2,3)40-31-18-17-24(20-28(30)31)32(37)34-29-16-9-8-12-25(29)22-36(4)26-13-6-5-7-14-26/h8-12,15-20,26,30,35H,5-7,13-14,21-22H2,1-4H3,(H,34,37)/t30-/m0/s1. The number of nitrogens with one attached hydrogen (secondary N) is 2. The van der Waals surface area contributed by atoms with Gasteiger partial charge in [-0.2, -0.15) is 0 Å². The van der Waals surface area contributed by atoms with Crippen molar-refractivity contribution >= 4 is 21.6 Å². The predicted octanol–water partition coefficient (Wildman–Crippen LogP) is 6.59. The Kier molecular flexibility index (Phi) is 8.55. The Balaban J connectivity index is 1.37. The van der Waals surface area contributed by atoms with Gasteiger partial charge in [-0.25, -0.2) is 13.1 Å². The second kappa shape index (κ2) is 12.0. The molecule has 2 N–H and O–H groups in total. The van der Waals surface area contributed by atoms with Gasteiger partial charge in [0.15, 0.2) is 0 Å². The Hall–Kier alpha value is -3.20. The van der Waals surface area contributed by atoms with Gasteiger partial charge in [0.25, 0.3) is 5.91 Å². The van der Waals surface area contributed by atoms with Crippen molar-refractivity contribution in [1.29, 1.82) is 0 Å². The Bertz CT molecular complexity index is 1510. The van der Waals surface area contributed by atoms with Crippen molar-refractivity contribution in [1.82, 2.24) is 9.62 Å². The van der Waals surface area contributed by atoms with E-state index < -0.39 is 21.7 Å². The van der Waals surface area contributed by atoms with Crippen molar-refractivity contribution in [3.05, 3.63) is 89.0 Å². The highest BCUT2D eigenvalue weighted by atomic mass is 32.2. The van der Waals surface area contributed by atoms with Gasteiger partial charge in [-0.05, 0) is 88.2 Å². The molecule has 1 fully saturated rings. The lowest BCUT2D eigenvalue weighted by molar-refractivity contribution is 0.0701. The molecule has 0 saturated heterocycles. The van der Waals surface area contributed by atoms with Crippen LogP contribution in [0.1, 0.15) is 85.5 Å². The van der Waals surface area contributed by atoms with Crippen LogP contribution in [0.5, 0.6) is 5.75 Å². The van der Waals surface area contributed by atoms with Crippen LogP contribution in [0.4, 0.5) is 5.69 Å². The molecule has 8 heteroatoms. The smallest absolute Gasteiger partial charge is 0.255 e. The summed E-state index contributed by atoms with van der Waals surface area (Å²) in [6, 6.07) is 20.0. The Morgan fingerprint density at radius 1 is 1.00 bits per heavy atom. The van der Waals surface area contributed by atoms with Crippen LogP contribution in [0.15, 0.2) is 71.6 Å². The number of nitrogens with zero attached hydrogens (tertiary/aromatic N) is 1. The maximum Gasteiger partial charge on any atom is 0.255 e. The predicted molar refractivity (Wildman–Crippen MR) is 163 cm³/mol. The van der Waals surface area contributed by atoms with E-state index in [2.05, 4.69) is 28.1 Å². The lowest BCUT2D eigenvalue weighted by Crippen LogP contribution is -2.41. The van der Waals surface area contributed by atoms with E-state index in [1.807, 2.05) is 45.0 Å². The lowest BCUT2D eigenvalue weighted by atomic mass is 9.89. The molecule has 0 bridgehead atoms. The van der Waals surface area contributed by atoms with E-state index in [-0.39, 0.29) is 10.8 Å². The monoisotopic (exact) mass is 575 g/mol. The van der Waals surface area contributed by atoms with Gasteiger partial charge in [0.2, 0.25) is 10.0 Å². The van der Waals surface area contributed by atoms with Gasteiger partial charge in [-0.15, -0.1) is 0 Å². The molecule has 7 nitrogen and oxygen atoms in total. The summed E-state index contributed by atoms with van der Waals surface area (Å²) in [5, 5.41) is 3.11. The fourth-order valence-electron chi connectivity index (χ4n) is 6.03. The normalized spacial score (nSPS) is 18.9. The van der Waals surface area contributed by atoms with Crippen molar-refractivity contribution in [3.8, 4) is 5.75 Å². The number of rotatable bonds is 8. The molecule has 218 valence electrons. The van der Waals surface area contributed by atoms with Gasteiger partial charge >= 0.3 is 0 Å². The van der Waals surface area contributed by atoms with Gasteiger partial charge in [-0.3, -0.25) is 9.69 Å². The van der Waals surface area contributed by atoms with Crippen LogP contribution in [0.2, 0.25) is 0 Å². The number of aryl methyl sites for hydroxylation is 1. The minimum Gasteiger partial charge on any atom is -0.487 e. The number of fused-ring (bicyclic) bond motifs is 1. The maximum absolute atomic E-state index is 13.5. The molecular formula is C33H41N3O4S. The molecule has 3 aromatic carbocycles. The number of para-hydroxylation sites is 1. The molecule has 0 aromatic heterocycles. The first-order chi connectivity index (χ1) is 19.5. The number of anilines is 1. The van der Waals surface area contributed by atoms with Gasteiger partial charge in [0.05, 0.1) is 10.9 Å². The second-order valence-electron chi connectivity index (χ2n) is 12.1. The van der Waals surface area contributed by atoms with Crippen molar-refractivity contribution in [3.63, 3.8) is 0 Å². The van der Waals surface area contributed by atoms with Crippen molar-refractivity contribution in [2.75, 3.05) is 12.4 Å². The zero-order valence-electron chi connectivity index (χ0n) is 24.4. The number of amides is 1. The molecule has 1 aliphatic heterocycles. The van der Waals surface area contributed by atoms with Crippen LogP contribution < -0.4 is 14.8 Å². The van der Waals surface area contributed by atoms with Crippen LogP contribution in [0, 0.1) is 6.92 Å². The van der Waals surface area contributed by atoms with Crippen molar-refractivity contribution < 1.29 is 17.9 Å². The van der Waals surface area contributed by atoms with E-state index in [1.54, 1.807) is 36.4 Å². The maximum atomic E-state index is 13.5. The second-order valence-corrected chi connectivity index (χ2v) is 13.8. The molecule has 1 atom stereocenters. The number of hydrogen-bond acceptors (Lipinski definition) is 5. The quantitative estimate of drug-likeness (QED) is 0.316. The van der Waals surface area contributed by atoms with E-state index >= 15 is 0 Å². The van der Waals surface area contributed by atoms with Crippen LogP contribution in [0.25, 0.3) is 0 Å². The average Bonchev–Trinajstić information content (AvgIpc) is 2.93. The van der Waals surface area contributed by atoms with E-state index in [4.69, 9.17) is 4.74 Å². The summed E-state index contributed by atoms with van der Waals surface area (Å²) >= 11 is 0. The van der Waals surface area contributed by atoms with Gasteiger partial charge in [0, 0.05) is 35.8 Å². The summed E-state index contributed by atoms with van der Waals surface area (Å²) < 4.78 is 35.7. The molecule has 1 heterocycles. The molecule has 1 amide bonds. The number of benzene rings is 3. The molecule has 3 aromatic rings. The molecule has 0 radical (unpaired) electrons. The van der Waals surface area contributed by atoms with E-state index in [1.165, 1.54) is 32.1 Å². The Labute approximate surface area is 244 Å². The third-order valence-corrected chi connectivity index (χ3v) is 9.68. The number of carbonyl (C=O) groups excluding carboxylic acids is 1. The van der Waals surface area contributed by atoms with Gasteiger partial charge < -0.3 is 10.1 Å². The first-order valence-corrected chi connectivity index (χ1v) is 16.0. The first kappa shape index (κ1) is 29.3. The van der Waals surface area contributed by atoms with E-state index in [9.17, 15) is 13.2 Å². The Morgan fingerprint density at radius 2 is 1.76 bits per heavy atom. The lowest BCUT2D eigenvalue weighted by Gasteiger charge is -2.38. The van der Waals surface area contributed by atoms with Gasteiger partial charge in [0.1, 0.15) is 11.4 Å². The fraction of sp³-hybridized carbons (Fsp3) is 0.424. The number of ether oxygens (including phenoxy) is 1. The summed E-state index contributed by atoms with van der Waals surface area (Å²) in [6.07, 6.45) is 6.71. The SMILES string of the molecule is Cc1cccc(S(=O)(=O)N[C@H]2CC(C)(C)Oc3ccc(C(=O)Nc4ccccc4CN(C)C4CCCCC4)cc32)c1. The third kappa shape index (κ3) is 7.00. The largest absolute Gasteiger partial charge is 0.487 e. The molecule has 5 rings (SSSR count). The van der Waals surface area contributed by atoms with Crippen molar-refractivity contribution in [2.45, 2.75) is 88.4 Å². The van der Waals surface area contributed by atoms with Crippen molar-refractivity contribution in [2.24, 2.45) is 0 Å². The summed E-state index contributed by atoms with van der Waals surface area (Å²) in [5.41, 5.74) is 3.23. The topological polar surface area (TPSA) is 87.7 Å². The van der Waals surface area contributed by atoms with Gasteiger partial charge in [-0.1, -0.05) is 49.6 Å².